The molecule has 1 atom stereocenters. The second-order valence-corrected chi connectivity index (χ2v) is 9.55. The van der Waals surface area contributed by atoms with E-state index >= 15 is 0 Å². The lowest BCUT2D eigenvalue weighted by atomic mass is 10.1. The summed E-state index contributed by atoms with van der Waals surface area (Å²) in [5.41, 5.74) is 3.11. The lowest BCUT2D eigenvalue weighted by Crippen LogP contribution is -2.36. The van der Waals surface area contributed by atoms with E-state index in [-0.39, 0.29) is 24.1 Å². The van der Waals surface area contributed by atoms with Gasteiger partial charge in [-0.3, -0.25) is 0 Å². The fraction of sp³-hybridized carbons (Fsp3) is 0.304. The van der Waals surface area contributed by atoms with Gasteiger partial charge in [0.1, 0.15) is 5.69 Å². The molecule has 2 heterocycles. The molecule has 0 radical (unpaired) electrons. The Kier molecular flexibility index (Phi) is 6.18. The van der Waals surface area contributed by atoms with Crippen molar-refractivity contribution in [1.82, 2.24) is 9.46 Å². The number of nitrogens with zero attached hydrogens (tertiary/aromatic N) is 3. The van der Waals surface area contributed by atoms with E-state index in [9.17, 15) is 8.42 Å². The van der Waals surface area contributed by atoms with E-state index in [1.54, 1.807) is 6.07 Å². The molecule has 1 unspecified atom stereocenters. The number of aryl methyl sites for hydroxylation is 1. The predicted octanol–water partition coefficient (Wildman–Crippen LogP) is 3.89. The van der Waals surface area contributed by atoms with Gasteiger partial charge in [-0.15, -0.1) is 0 Å². The number of hydrogen-bond donors (Lipinski definition) is 0. The molecule has 0 spiro atoms. The van der Waals surface area contributed by atoms with Gasteiger partial charge in [-0.25, -0.2) is 8.42 Å². The molecule has 0 N–H and O–H groups in total. The third kappa shape index (κ3) is 4.85. The number of sulfonamides is 1. The largest absolute Gasteiger partial charge is 0.377 e. The zero-order valence-corrected chi connectivity index (χ0v) is 18.0. The Bertz CT molecular complexity index is 1170. The summed E-state index contributed by atoms with van der Waals surface area (Å²) in [5.74, 6) is 0.450. The van der Waals surface area contributed by atoms with Crippen molar-refractivity contribution in [2.24, 2.45) is 0 Å². The molecule has 1 aromatic heterocycles. The first-order valence-electron chi connectivity index (χ1n) is 10.1. The van der Waals surface area contributed by atoms with E-state index in [4.69, 9.17) is 14.5 Å². The average molecular weight is 438 g/mol. The normalized spacial score (nSPS) is 16.5. The minimum atomic E-state index is -3.82. The summed E-state index contributed by atoms with van der Waals surface area (Å²) in [6, 6.07) is 17.6. The van der Waals surface area contributed by atoms with Gasteiger partial charge >= 0.3 is 0 Å². The molecular formula is C23H23N3O4S. The molecule has 1 aliphatic heterocycles. The first kappa shape index (κ1) is 21.2. The zero-order chi connectivity index (χ0) is 21.8. The smallest absolute Gasteiger partial charge is 0.243 e. The van der Waals surface area contributed by atoms with Crippen molar-refractivity contribution in [1.29, 1.82) is 5.26 Å². The summed E-state index contributed by atoms with van der Waals surface area (Å²) in [6.07, 6.45) is 1.56. The summed E-state index contributed by atoms with van der Waals surface area (Å²) in [4.78, 5) is 0.128. The van der Waals surface area contributed by atoms with Gasteiger partial charge in [0.15, 0.2) is 5.76 Å². The molecule has 160 valence electrons. The van der Waals surface area contributed by atoms with Crippen molar-refractivity contribution in [2.75, 3.05) is 13.2 Å². The number of rotatable bonds is 7. The fourth-order valence-corrected chi connectivity index (χ4v) is 4.97. The lowest BCUT2D eigenvalue weighted by molar-refractivity contribution is 0.0909. The van der Waals surface area contributed by atoms with Crippen molar-refractivity contribution in [3.05, 3.63) is 71.5 Å². The molecule has 2 aromatic carbocycles. The van der Waals surface area contributed by atoms with Crippen LogP contribution >= 0.6 is 0 Å². The number of aromatic nitrogens is 1. The van der Waals surface area contributed by atoms with Gasteiger partial charge < -0.3 is 9.26 Å². The van der Waals surface area contributed by atoms with Crippen LogP contribution in [0.1, 0.15) is 29.7 Å². The van der Waals surface area contributed by atoms with Gasteiger partial charge in [0.25, 0.3) is 0 Å². The molecule has 1 fully saturated rings. The maximum atomic E-state index is 13.4. The summed E-state index contributed by atoms with van der Waals surface area (Å²) in [5, 5.41) is 13.1. The average Bonchev–Trinajstić information content (AvgIpc) is 3.46. The highest BCUT2D eigenvalue weighted by Crippen LogP contribution is 2.25. The predicted molar refractivity (Wildman–Crippen MR) is 114 cm³/mol. The van der Waals surface area contributed by atoms with Gasteiger partial charge in [0.2, 0.25) is 10.0 Å². The van der Waals surface area contributed by atoms with Crippen LogP contribution in [0.15, 0.2) is 64.0 Å². The summed E-state index contributed by atoms with van der Waals surface area (Å²) < 4.78 is 39.2. The highest BCUT2D eigenvalue weighted by molar-refractivity contribution is 7.89. The summed E-state index contributed by atoms with van der Waals surface area (Å²) in [6.45, 7) is 2.91. The van der Waals surface area contributed by atoms with Crippen LogP contribution in [0.2, 0.25) is 0 Å². The second-order valence-electron chi connectivity index (χ2n) is 7.61. The summed E-state index contributed by atoms with van der Waals surface area (Å²) >= 11 is 0. The van der Waals surface area contributed by atoms with Crippen LogP contribution in [-0.4, -0.2) is 37.1 Å². The molecule has 4 rings (SSSR count). The number of ether oxygens (including phenoxy) is 1. The van der Waals surface area contributed by atoms with Crippen molar-refractivity contribution in [2.45, 2.75) is 37.3 Å². The van der Waals surface area contributed by atoms with Gasteiger partial charge in [-0.2, -0.15) is 9.57 Å². The van der Waals surface area contributed by atoms with Crippen molar-refractivity contribution < 1.29 is 17.7 Å². The molecule has 0 bridgehead atoms. The molecule has 0 amide bonds. The van der Waals surface area contributed by atoms with Crippen molar-refractivity contribution in [3.63, 3.8) is 0 Å². The maximum Gasteiger partial charge on any atom is 0.243 e. The minimum Gasteiger partial charge on any atom is -0.377 e. The van der Waals surface area contributed by atoms with E-state index < -0.39 is 10.0 Å². The molecule has 1 aliphatic rings. The van der Waals surface area contributed by atoms with Crippen LogP contribution in [-0.2, 0) is 21.3 Å². The zero-order valence-electron chi connectivity index (χ0n) is 17.2. The Morgan fingerprint density at radius 1 is 1.16 bits per heavy atom. The van der Waals surface area contributed by atoms with Crippen LogP contribution in [0.4, 0.5) is 0 Å². The fourth-order valence-electron chi connectivity index (χ4n) is 3.54. The van der Waals surface area contributed by atoms with Crippen LogP contribution in [0.5, 0.6) is 0 Å². The third-order valence-electron chi connectivity index (χ3n) is 5.29. The monoisotopic (exact) mass is 437 g/mol. The Morgan fingerprint density at radius 3 is 2.55 bits per heavy atom. The Labute approximate surface area is 181 Å². The van der Waals surface area contributed by atoms with E-state index in [0.29, 0.717) is 23.6 Å². The molecule has 0 aliphatic carbocycles. The first-order valence-corrected chi connectivity index (χ1v) is 11.5. The molecule has 8 heteroatoms. The maximum absolute atomic E-state index is 13.4. The summed E-state index contributed by atoms with van der Waals surface area (Å²) in [7, 11) is -3.82. The Hall–Kier alpha value is -2.99. The highest BCUT2D eigenvalue weighted by atomic mass is 32.2. The Morgan fingerprint density at radius 2 is 1.90 bits per heavy atom. The van der Waals surface area contributed by atoms with Gasteiger partial charge in [0.05, 0.1) is 29.2 Å². The third-order valence-corrected chi connectivity index (χ3v) is 7.12. The van der Waals surface area contributed by atoms with Crippen LogP contribution in [0.25, 0.3) is 11.3 Å². The molecular weight excluding hydrogens is 414 g/mol. The molecule has 1 saturated heterocycles. The van der Waals surface area contributed by atoms with Crippen molar-refractivity contribution in [3.8, 4) is 17.3 Å². The van der Waals surface area contributed by atoms with Gasteiger partial charge in [-0.1, -0.05) is 35.0 Å². The van der Waals surface area contributed by atoms with Crippen LogP contribution in [0.3, 0.4) is 0 Å². The highest BCUT2D eigenvalue weighted by Gasteiger charge is 2.30. The quantitative estimate of drug-likeness (QED) is 0.556. The van der Waals surface area contributed by atoms with Crippen LogP contribution < -0.4 is 0 Å². The van der Waals surface area contributed by atoms with E-state index in [1.807, 2.05) is 37.3 Å². The first-order chi connectivity index (χ1) is 15.0. The minimum absolute atomic E-state index is 0.0427. The Balaban J connectivity index is 1.60. The van der Waals surface area contributed by atoms with E-state index in [1.165, 1.54) is 28.6 Å². The molecule has 0 saturated carbocycles. The topological polar surface area (TPSA) is 96.4 Å². The molecule has 31 heavy (non-hydrogen) atoms. The number of nitriles is 1. The lowest BCUT2D eigenvalue weighted by Gasteiger charge is -2.23. The van der Waals surface area contributed by atoms with Crippen molar-refractivity contribution >= 4 is 10.0 Å². The SMILES string of the molecule is Cc1ccc(-c2cc(CN(CC3CCCO3)S(=O)(=O)c3ccc(C#N)cc3)on2)cc1. The second kappa shape index (κ2) is 9.02. The van der Waals surface area contributed by atoms with E-state index in [0.717, 1.165) is 24.0 Å². The molecule has 7 nitrogen and oxygen atoms in total. The molecule has 3 aromatic rings. The van der Waals surface area contributed by atoms with E-state index in [2.05, 4.69) is 5.16 Å². The van der Waals surface area contributed by atoms with Gasteiger partial charge in [-0.05, 0) is 44.0 Å². The number of hydrogen-bond acceptors (Lipinski definition) is 6. The van der Waals surface area contributed by atoms with Gasteiger partial charge in [0, 0.05) is 24.8 Å². The number of benzene rings is 2. The standard InChI is InChI=1S/C23H23N3O4S/c1-17-4-8-19(9-5-17)23-13-21(30-25-23)16-26(15-20-3-2-12-29-20)31(27,28)22-10-6-18(14-24)7-11-22/h4-11,13,20H,2-3,12,15-16H2,1H3. The van der Waals surface area contributed by atoms with Crippen LogP contribution in [0, 0.1) is 18.3 Å².